The van der Waals surface area contributed by atoms with Gasteiger partial charge < -0.3 is 19.7 Å². The maximum Gasteiger partial charge on any atom is 0.251 e. The van der Waals surface area contributed by atoms with Crippen molar-refractivity contribution in [2.45, 2.75) is 6.04 Å². The zero-order valence-corrected chi connectivity index (χ0v) is 16.9. The molecule has 1 aliphatic rings. The Morgan fingerprint density at radius 2 is 1.75 bits per heavy atom. The average Bonchev–Trinajstić information content (AvgIpc) is 2.75. The van der Waals surface area contributed by atoms with Gasteiger partial charge in [0.05, 0.1) is 26.4 Å². The number of nitrogens with zero attached hydrogens (tertiary/aromatic N) is 2. The molecule has 1 aliphatic heterocycles. The number of anilines is 1. The van der Waals surface area contributed by atoms with Crippen molar-refractivity contribution in [2.24, 2.45) is 0 Å². The summed E-state index contributed by atoms with van der Waals surface area (Å²) in [5.74, 6) is 0.770. The molecule has 1 N–H and O–H groups in total. The molecule has 0 spiro atoms. The average molecular weight is 383 g/mol. The molecule has 1 saturated heterocycles. The highest BCUT2D eigenvalue weighted by Gasteiger charge is 2.23. The highest BCUT2D eigenvalue weighted by molar-refractivity contribution is 5.94. The maximum absolute atomic E-state index is 12.7. The number of hydrogen-bond donors (Lipinski definition) is 1. The first-order valence-electron chi connectivity index (χ1n) is 9.60. The minimum atomic E-state index is -0.0583. The van der Waals surface area contributed by atoms with Gasteiger partial charge in [-0.3, -0.25) is 9.69 Å². The smallest absolute Gasteiger partial charge is 0.251 e. The molecule has 6 heteroatoms. The second-order valence-electron chi connectivity index (χ2n) is 7.09. The van der Waals surface area contributed by atoms with Crippen LogP contribution in [0.3, 0.4) is 0 Å². The molecule has 2 aromatic rings. The number of amides is 1. The molecule has 1 atom stereocenters. The zero-order valence-electron chi connectivity index (χ0n) is 16.9. The van der Waals surface area contributed by atoms with Gasteiger partial charge in [0, 0.05) is 45.0 Å². The fourth-order valence-corrected chi connectivity index (χ4v) is 3.38. The quantitative estimate of drug-likeness (QED) is 0.796. The standard InChI is InChI=1S/C22H29N3O3/c1-24(2)19-8-4-18(5-9-19)22(26)23-16-21(25-12-14-28-15-13-25)17-6-10-20(27-3)11-7-17/h4-11,21H,12-16H2,1-3H3,(H,23,26). The Bertz CT molecular complexity index is 754. The fraction of sp³-hybridized carbons (Fsp3) is 0.409. The molecule has 28 heavy (non-hydrogen) atoms. The first-order valence-corrected chi connectivity index (χ1v) is 9.60. The van der Waals surface area contributed by atoms with Crippen molar-refractivity contribution >= 4 is 11.6 Å². The van der Waals surface area contributed by atoms with Crippen LogP contribution in [0.2, 0.25) is 0 Å². The Morgan fingerprint density at radius 3 is 2.32 bits per heavy atom. The van der Waals surface area contributed by atoms with Crippen LogP contribution in [0.4, 0.5) is 5.69 Å². The van der Waals surface area contributed by atoms with Gasteiger partial charge in [0.1, 0.15) is 5.75 Å². The second kappa shape index (κ2) is 9.57. The van der Waals surface area contributed by atoms with Crippen molar-refractivity contribution in [3.63, 3.8) is 0 Å². The first kappa shape index (κ1) is 20.2. The van der Waals surface area contributed by atoms with Gasteiger partial charge in [-0.15, -0.1) is 0 Å². The zero-order chi connectivity index (χ0) is 19.9. The number of methoxy groups -OCH3 is 1. The van der Waals surface area contributed by atoms with E-state index < -0.39 is 0 Å². The summed E-state index contributed by atoms with van der Waals surface area (Å²) >= 11 is 0. The molecule has 6 nitrogen and oxygen atoms in total. The topological polar surface area (TPSA) is 54.0 Å². The van der Waals surface area contributed by atoms with Gasteiger partial charge in [-0.25, -0.2) is 0 Å². The summed E-state index contributed by atoms with van der Waals surface area (Å²) in [5, 5.41) is 3.11. The van der Waals surface area contributed by atoms with Crippen LogP contribution in [0.15, 0.2) is 48.5 Å². The third kappa shape index (κ3) is 5.03. The Labute approximate surface area is 167 Å². The lowest BCUT2D eigenvalue weighted by Crippen LogP contribution is -2.43. The fourth-order valence-electron chi connectivity index (χ4n) is 3.38. The number of ether oxygens (including phenoxy) is 2. The monoisotopic (exact) mass is 383 g/mol. The number of benzene rings is 2. The lowest BCUT2D eigenvalue weighted by atomic mass is 10.0. The normalized spacial score (nSPS) is 15.7. The van der Waals surface area contributed by atoms with Gasteiger partial charge in [-0.05, 0) is 42.0 Å². The molecule has 0 radical (unpaired) electrons. The molecule has 0 aliphatic carbocycles. The summed E-state index contributed by atoms with van der Waals surface area (Å²) in [7, 11) is 5.63. The van der Waals surface area contributed by atoms with Crippen LogP contribution in [0.5, 0.6) is 5.75 Å². The van der Waals surface area contributed by atoms with Crippen LogP contribution in [-0.4, -0.2) is 64.9 Å². The summed E-state index contributed by atoms with van der Waals surface area (Å²) in [6, 6.07) is 15.8. The SMILES string of the molecule is COc1ccc(C(CNC(=O)c2ccc(N(C)C)cc2)N2CCOCC2)cc1. The maximum atomic E-state index is 12.7. The van der Waals surface area contributed by atoms with Gasteiger partial charge in [0.25, 0.3) is 5.91 Å². The van der Waals surface area contributed by atoms with E-state index in [4.69, 9.17) is 9.47 Å². The van der Waals surface area contributed by atoms with E-state index in [1.807, 2.05) is 55.4 Å². The van der Waals surface area contributed by atoms with E-state index >= 15 is 0 Å². The van der Waals surface area contributed by atoms with Crippen LogP contribution in [-0.2, 0) is 4.74 Å². The molecule has 1 fully saturated rings. The van der Waals surface area contributed by atoms with Gasteiger partial charge in [0.2, 0.25) is 0 Å². The third-order valence-corrected chi connectivity index (χ3v) is 5.09. The molecule has 150 valence electrons. The molecule has 2 aromatic carbocycles. The molecular formula is C22H29N3O3. The van der Waals surface area contributed by atoms with E-state index in [0.29, 0.717) is 25.3 Å². The second-order valence-corrected chi connectivity index (χ2v) is 7.09. The summed E-state index contributed by atoms with van der Waals surface area (Å²) in [5.41, 5.74) is 2.90. The van der Waals surface area contributed by atoms with Crippen molar-refractivity contribution in [1.82, 2.24) is 10.2 Å². The van der Waals surface area contributed by atoms with E-state index in [1.165, 1.54) is 0 Å². The summed E-state index contributed by atoms with van der Waals surface area (Å²) < 4.78 is 10.8. The molecule has 0 saturated carbocycles. The number of hydrogen-bond acceptors (Lipinski definition) is 5. The molecule has 1 heterocycles. The minimum Gasteiger partial charge on any atom is -0.497 e. The Balaban J connectivity index is 1.70. The van der Waals surface area contributed by atoms with E-state index in [-0.39, 0.29) is 11.9 Å². The summed E-state index contributed by atoms with van der Waals surface area (Å²) in [6.45, 7) is 3.67. The van der Waals surface area contributed by atoms with Crippen LogP contribution in [0.1, 0.15) is 22.0 Å². The number of carbonyl (C=O) groups excluding carboxylic acids is 1. The lowest BCUT2D eigenvalue weighted by Gasteiger charge is -2.35. The molecule has 0 aromatic heterocycles. The number of rotatable bonds is 7. The highest BCUT2D eigenvalue weighted by atomic mass is 16.5. The molecule has 3 rings (SSSR count). The van der Waals surface area contributed by atoms with Gasteiger partial charge in [0.15, 0.2) is 0 Å². The van der Waals surface area contributed by atoms with E-state index in [9.17, 15) is 4.79 Å². The van der Waals surface area contributed by atoms with Crippen molar-refractivity contribution < 1.29 is 14.3 Å². The minimum absolute atomic E-state index is 0.0583. The molecule has 0 bridgehead atoms. The predicted octanol–water partition coefficient (Wildman–Crippen LogP) is 2.56. The van der Waals surface area contributed by atoms with Gasteiger partial charge >= 0.3 is 0 Å². The summed E-state index contributed by atoms with van der Waals surface area (Å²) in [6.07, 6.45) is 0. The number of carbonyl (C=O) groups is 1. The van der Waals surface area contributed by atoms with Crippen LogP contribution < -0.4 is 15.0 Å². The van der Waals surface area contributed by atoms with E-state index in [0.717, 1.165) is 30.1 Å². The number of morpholine rings is 1. The van der Waals surface area contributed by atoms with Crippen LogP contribution in [0, 0.1) is 0 Å². The first-order chi connectivity index (χ1) is 13.6. The van der Waals surface area contributed by atoms with Crippen molar-refractivity contribution in [1.29, 1.82) is 0 Å². The van der Waals surface area contributed by atoms with Crippen molar-refractivity contribution in [2.75, 3.05) is 59.0 Å². The predicted molar refractivity (Wildman–Crippen MR) is 111 cm³/mol. The van der Waals surface area contributed by atoms with Gasteiger partial charge in [-0.1, -0.05) is 12.1 Å². The Kier molecular flexibility index (Phi) is 6.90. The highest BCUT2D eigenvalue weighted by Crippen LogP contribution is 2.24. The van der Waals surface area contributed by atoms with Crippen molar-refractivity contribution in [3.8, 4) is 5.75 Å². The Hall–Kier alpha value is -2.57. The molecular weight excluding hydrogens is 354 g/mol. The third-order valence-electron chi connectivity index (χ3n) is 5.09. The number of nitrogens with one attached hydrogen (secondary N) is 1. The van der Waals surface area contributed by atoms with E-state index in [2.05, 4.69) is 22.3 Å². The van der Waals surface area contributed by atoms with E-state index in [1.54, 1.807) is 7.11 Å². The molecule has 1 unspecified atom stereocenters. The van der Waals surface area contributed by atoms with Crippen molar-refractivity contribution in [3.05, 3.63) is 59.7 Å². The van der Waals surface area contributed by atoms with Gasteiger partial charge in [-0.2, -0.15) is 0 Å². The largest absolute Gasteiger partial charge is 0.497 e. The molecule has 1 amide bonds. The Morgan fingerprint density at radius 1 is 1.11 bits per heavy atom. The lowest BCUT2D eigenvalue weighted by molar-refractivity contribution is 0.0162. The van der Waals surface area contributed by atoms with Crippen LogP contribution in [0.25, 0.3) is 0 Å². The van der Waals surface area contributed by atoms with Crippen LogP contribution >= 0.6 is 0 Å². The summed E-state index contributed by atoms with van der Waals surface area (Å²) in [4.78, 5) is 17.0.